The molecule has 1 saturated heterocycles. The predicted octanol–water partition coefficient (Wildman–Crippen LogP) is 5.73. The van der Waals surface area contributed by atoms with Gasteiger partial charge in [-0.3, -0.25) is 4.90 Å². The van der Waals surface area contributed by atoms with E-state index in [1.54, 1.807) is 32.0 Å². The second-order valence-electron chi connectivity index (χ2n) is 11.2. The fraction of sp³-hybridized carbons (Fsp3) is 0.297. The maximum Gasteiger partial charge on any atom is 0.336 e. The fourth-order valence-corrected chi connectivity index (χ4v) is 6.73. The quantitative estimate of drug-likeness (QED) is 0.233. The van der Waals surface area contributed by atoms with Gasteiger partial charge >= 0.3 is 11.9 Å². The Morgan fingerprint density at radius 3 is 2.18 bits per heavy atom. The van der Waals surface area contributed by atoms with Gasteiger partial charge < -0.3 is 20.1 Å². The molecule has 3 aromatic rings. The number of carbonyl (C=O) groups is 2. The lowest BCUT2D eigenvalue weighted by molar-refractivity contribution is -0.140. The van der Waals surface area contributed by atoms with Crippen molar-refractivity contribution >= 4 is 23.5 Å². The van der Waals surface area contributed by atoms with Crippen LogP contribution in [0.1, 0.15) is 54.5 Å². The van der Waals surface area contributed by atoms with Crippen molar-refractivity contribution in [3.8, 4) is 12.3 Å². The molecule has 2 aliphatic heterocycles. The largest absolute Gasteiger partial charge is 0.466 e. The van der Waals surface area contributed by atoms with Crippen molar-refractivity contribution in [1.29, 1.82) is 0 Å². The van der Waals surface area contributed by atoms with Crippen LogP contribution in [0.4, 0.5) is 0 Å². The summed E-state index contributed by atoms with van der Waals surface area (Å²) in [6.07, 6.45) is 6.32. The standard InChI is InChI=1S/C37H38ClN3O4/c1-5-26-17-12-18-30(34(26)38)33-31(36(42)44-4)24(2)40-25(3)32(33)37(43)45-22-19-29-23-39-20-21-41(29)35(27-13-8-6-9-14-27)28-15-10-7-11-16-28/h1,6-18,29,33,35,39-40H,19-23H2,2-4H3. The molecular weight excluding hydrogens is 586 g/mol. The lowest BCUT2D eigenvalue weighted by Crippen LogP contribution is -2.53. The van der Waals surface area contributed by atoms with Gasteiger partial charge in [0.15, 0.2) is 0 Å². The van der Waals surface area contributed by atoms with Crippen LogP contribution in [0.3, 0.4) is 0 Å². The number of carbonyl (C=O) groups excluding carboxylic acids is 2. The molecule has 0 spiro atoms. The molecule has 2 heterocycles. The minimum Gasteiger partial charge on any atom is -0.466 e. The average Bonchev–Trinajstić information content (AvgIpc) is 3.06. The van der Waals surface area contributed by atoms with Crippen LogP contribution in [-0.2, 0) is 19.1 Å². The molecule has 0 aromatic heterocycles. The number of ether oxygens (including phenoxy) is 2. The number of methoxy groups -OCH3 is 1. The lowest BCUT2D eigenvalue weighted by atomic mass is 9.80. The third kappa shape index (κ3) is 6.84. The summed E-state index contributed by atoms with van der Waals surface area (Å²) in [7, 11) is 1.31. The number of benzene rings is 3. The fourth-order valence-electron chi connectivity index (χ4n) is 6.44. The molecule has 2 unspecified atom stereocenters. The summed E-state index contributed by atoms with van der Waals surface area (Å²) in [5, 5.41) is 7.00. The molecule has 5 rings (SSSR count). The second-order valence-corrected chi connectivity index (χ2v) is 11.6. The minimum absolute atomic E-state index is 0.0633. The molecule has 0 bridgehead atoms. The second kappa shape index (κ2) is 14.6. The van der Waals surface area contributed by atoms with Gasteiger partial charge in [0.1, 0.15) is 0 Å². The maximum absolute atomic E-state index is 13.9. The number of hydrogen-bond donors (Lipinski definition) is 2. The zero-order valence-corrected chi connectivity index (χ0v) is 26.6. The number of nitrogens with zero attached hydrogens (tertiary/aromatic N) is 1. The summed E-state index contributed by atoms with van der Waals surface area (Å²) in [6.45, 7) is 6.23. The van der Waals surface area contributed by atoms with Crippen molar-refractivity contribution in [2.75, 3.05) is 33.4 Å². The van der Waals surface area contributed by atoms with Crippen molar-refractivity contribution in [3.05, 3.63) is 129 Å². The Kier molecular flexibility index (Phi) is 10.4. The van der Waals surface area contributed by atoms with E-state index in [2.05, 4.69) is 70.0 Å². The molecule has 8 heteroatoms. The summed E-state index contributed by atoms with van der Waals surface area (Å²) < 4.78 is 11.1. The van der Waals surface area contributed by atoms with Crippen LogP contribution in [0.5, 0.6) is 0 Å². The first-order valence-corrected chi connectivity index (χ1v) is 15.5. The van der Waals surface area contributed by atoms with Gasteiger partial charge in [-0.15, -0.1) is 6.42 Å². The zero-order chi connectivity index (χ0) is 31.9. The van der Waals surface area contributed by atoms with Gasteiger partial charge in [-0.1, -0.05) is 90.3 Å². The summed E-state index contributed by atoms with van der Waals surface area (Å²) in [5.41, 5.74) is 5.16. The third-order valence-corrected chi connectivity index (χ3v) is 8.94. The SMILES string of the molecule is C#Cc1cccc(C2C(C(=O)OC)=C(C)NC(C)=C2C(=O)OCCC2CNCCN2C(c2ccccc2)c2ccccc2)c1Cl. The van der Waals surface area contributed by atoms with Crippen LogP contribution >= 0.6 is 11.6 Å². The van der Waals surface area contributed by atoms with Crippen molar-refractivity contribution in [3.63, 3.8) is 0 Å². The molecule has 45 heavy (non-hydrogen) atoms. The van der Waals surface area contributed by atoms with Gasteiger partial charge in [0.25, 0.3) is 0 Å². The topological polar surface area (TPSA) is 79.9 Å². The molecule has 2 aliphatic rings. The van der Waals surface area contributed by atoms with Crippen molar-refractivity contribution < 1.29 is 19.1 Å². The Bertz CT molecular complexity index is 1610. The van der Waals surface area contributed by atoms with Crippen LogP contribution < -0.4 is 10.6 Å². The van der Waals surface area contributed by atoms with Gasteiger partial charge in [0.2, 0.25) is 0 Å². The lowest BCUT2D eigenvalue weighted by Gasteiger charge is -2.42. The minimum atomic E-state index is -0.819. The molecule has 7 nitrogen and oxygen atoms in total. The number of allylic oxidation sites excluding steroid dienone is 2. The van der Waals surface area contributed by atoms with Gasteiger partial charge in [0.05, 0.1) is 41.8 Å². The van der Waals surface area contributed by atoms with Crippen LogP contribution in [0, 0.1) is 12.3 Å². The Morgan fingerprint density at radius 2 is 1.58 bits per heavy atom. The Hall–Kier alpha value is -4.35. The van der Waals surface area contributed by atoms with E-state index in [0.29, 0.717) is 39.5 Å². The first kappa shape index (κ1) is 32.1. The predicted molar refractivity (Wildman–Crippen MR) is 176 cm³/mol. The van der Waals surface area contributed by atoms with Crippen molar-refractivity contribution in [2.45, 2.75) is 38.3 Å². The Balaban J connectivity index is 1.40. The number of hydrogen-bond acceptors (Lipinski definition) is 7. The molecule has 0 amide bonds. The molecule has 0 aliphatic carbocycles. The van der Waals surface area contributed by atoms with E-state index >= 15 is 0 Å². The van der Waals surface area contributed by atoms with E-state index in [1.165, 1.54) is 18.2 Å². The molecule has 3 aromatic carbocycles. The van der Waals surface area contributed by atoms with Gasteiger partial charge in [-0.25, -0.2) is 9.59 Å². The van der Waals surface area contributed by atoms with E-state index in [1.807, 2.05) is 12.1 Å². The van der Waals surface area contributed by atoms with E-state index in [0.717, 1.165) is 19.6 Å². The number of esters is 2. The maximum atomic E-state index is 13.9. The summed E-state index contributed by atoms with van der Waals surface area (Å²) in [6, 6.07) is 26.4. The highest BCUT2D eigenvalue weighted by atomic mass is 35.5. The van der Waals surface area contributed by atoms with Crippen LogP contribution in [0.25, 0.3) is 0 Å². The highest BCUT2D eigenvalue weighted by molar-refractivity contribution is 6.32. The Labute approximate surface area is 270 Å². The monoisotopic (exact) mass is 623 g/mol. The van der Waals surface area contributed by atoms with E-state index < -0.39 is 17.9 Å². The van der Waals surface area contributed by atoms with E-state index in [9.17, 15) is 9.59 Å². The number of dihydropyridines is 1. The van der Waals surface area contributed by atoms with Gasteiger partial charge in [-0.05, 0) is 43.0 Å². The van der Waals surface area contributed by atoms with Crippen LogP contribution in [0.2, 0.25) is 5.02 Å². The number of halogens is 1. The molecule has 1 fully saturated rings. The highest BCUT2D eigenvalue weighted by Gasteiger charge is 2.39. The van der Waals surface area contributed by atoms with E-state index in [-0.39, 0.29) is 24.3 Å². The summed E-state index contributed by atoms with van der Waals surface area (Å²) in [5.74, 6) is 0.668. The number of rotatable bonds is 9. The normalized spacial score (nSPS) is 18.8. The molecule has 2 N–H and O–H groups in total. The van der Waals surface area contributed by atoms with Crippen LogP contribution in [0.15, 0.2) is 101 Å². The number of piperazine rings is 1. The smallest absolute Gasteiger partial charge is 0.336 e. The summed E-state index contributed by atoms with van der Waals surface area (Å²) >= 11 is 6.75. The molecule has 0 saturated carbocycles. The number of nitrogens with one attached hydrogen (secondary N) is 2. The molecule has 0 radical (unpaired) electrons. The molecule has 232 valence electrons. The third-order valence-electron chi connectivity index (χ3n) is 8.52. The van der Waals surface area contributed by atoms with Crippen molar-refractivity contribution in [2.24, 2.45) is 0 Å². The van der Waals surface area contributed by atoms with Gasteiger partial charge in [-0.2, -0.15) is 0 Å². The summed E-state index contributed by atoms with van der Waals surface area (Å²) in [4.78, 5) is 29.5. The van der Waals surface area contributed by atoms with Crippen molar-refractivity contribution in [1.82, 2.24) is 15.5 Å². The number of terminal acetylenes is 1. The van der Waals surface area contributed by atoms with Crippen LogP contribution in [-0.4, -0.2) is 56.2 Å². The Morgan fingerprint density at radius 1 is 0.956 bits per heavy atom. The van der Waals surface area contributed by atoms with E-state index in [4.69, 9.17) is 27.5 Å². The zero-order valence-electron chi connectivity index (χ0n) is 25.8. The average molecular weight is 624 g/mol. The van der Waals surface area contributed by atoms with Gasteiger partial charge in [0, 0.05) is 42.6 Å². The molecular formula is C37H38ClN3O4. The highest BCUT2D eigenvalue weighted by Crippen LogP contribution is 2.42. The first-order chi connectivity index (χ1) is 21.8. The molecule has 2 atom stereocenters. The first-order valence-electron chi connectivity index (χ1n) is 15.1.